The van der Waals surface area contributed by atoms with Gasteiger partial charge in [0.25, 0.3) is 0 Å². The molecule has 0 fully saturated rings. The number of ether oxygens (including phenoxy) is 3. The number of carbonyl (C=O) groups excluding carboxylic acids is 3. The Morgan fingerprint density at radius 1 is 0.765 bits per heavy atom. The van der Waals surface area contributed by atoms with Gasteiger partial charge in [-0.1, -0.05) is 36.4 Å². The minimum Gasteiger partial charge on any atom is -0.465 e. The van der Waals surface area contributed by atoms with E-state index < -0.39 is 30.3 Å². The standard InChI is InChI=1S/C23H27N3O8/c27-20(32-16-15-25-22(30)33-17-9-3-1-4-10-17)19(13-7-8-14-24-21(28)29)26-23(31)34-18-11-5-2-6-12-18/h1-6,9-12,19,24H,7-8,13-16H2,(H,25,30)(H,26,31)(H,28,29). The molecule has 2 aromatic rings. The number of esters is 1. The molecule has 0 heterocycles. The van der Waals surface area contributed by atoms with Gasteiger partial charge in [-0.3, -0.25) is 0 Å². The summed E-state index contributed by atoms with van der Waals surface area (Å²) < 4.78 is 15.4. The zero-order chi connectivity index (χ0) is 24.6. The largest absolute Gasteiger partial charge is 0.465 e. The summed E-state index contributed by atoms with van der Waals surface area (Å²) in [6.45, 7) is 0.0648. The zero-order valence-electron chi connectivity index (χ0n) is 18.4. The Bertz CT molecular complexity index is 924. The van der Waals surface area contributed by atoms with Crippen LogP contribution in [0.2, 0.25) is 0 Å². The molecule has 34 heavy (non-hydrogen) atoms. The number of unbranched alkanes of at least 4 members (excludes halogenated alkanes) is 1. The maximum Gasteiger partial charge on any atom is 0.413 e. The van der Waals surface area contributed by atoms with Crippen molar-refractivity contribution in [2.45, 2.75) is 25.3 Å². The van der Waals surface area contributed by atoms with Crippen LogP contribution in [0.4, 0.5) is 14.4 Å². The van der Waals surface area contributed by atoms with Crippen molar-refractivity contribution in [1.82, 2.24) is 16.0 Å². The Balaban J connectivity index is 1.78. The van der Waals surface area contributed by atoms with E-state index in [0.717, 1.165) is 0 Å². The number of nitrogens with one attached hydrogen (secondary N) is 3. The van der Waals surface area contributed by atoms with Gasteiger partial charge in [0.2, 0.25) is 0 Å². The van der Waals surface area contributed by atoms with Gasteiger partial charge in [0.1, 0.15) is 24.1 Å². The number of hydrogen-bond donors (Lipinski definition) is 4. The lowest BCUT2D eigenvalue weighted by Gasteiger charge is -2.17. The molecule has 0 aliphatic heterocycles. The van der Waals surface area contributed by atoms with Crippen LogP contribution in [0, 0.1) is 0 Å². The van der Waals surface area contributed by atoms with E-state index in [-0.39, 0.29) is 26.1 Å². The molecule has 0 radical (unpaired) electrons. The minimum atomic E-state index is -1.14. The first-order valence-electron chi connectivity index (χ1n) is 10.6. The minimum absolute atomic E-state index is 0.00111. The number of benzene rings is 2. The fraction of sp³-hybridized carbons (Fsp3) is 0.304. The van der Waals surface area contributed by atoms with E-state index in [1.54, 1.807) is 60.7 Å². The van der Waals surface area contributed by atoms with Crippen LogP contribution in [0.3, 0.4) is 0 Å². The van der Waals surface area contributed by atoms with Crippen LogP contribution < -0.4 is 25.4 Å². The third-order valence-electron chi connectivity index (χ3n) is 4.30. The van der Waals surface area contributed by atoms with Crippen molar-refractivity contribution in [3.63, 3.8) is 0 Å². The van der Waals surface area contributed by atoms with Crippen LogP contribution in [0.5, 0.6) is 11.5 Å². The number of para-hydroxylation sites is 2. The fourth-order valence-corrected chi connectivity index (χ4v) is 2.72. The Kier molecular flexibility index (Phi) is 11.2. The molecule has 0 saturated heterocycles. The SMILES string of the molecule is O=C(O)NCCCCC(NC(=O)Oc1ccccc1)C(=O)OCCNC(=O)Oc1ccccc1. The summed E-state index contributed by atoms with van der Waals surface area (Å²) in [6.07, 6.45) is -1.58. The third kappa shape index (κ3) is 10.8. The van der Waals surface area contributed by atoms with Gasteiger partial charge in [-0.05, 0) is 43.5 Å². The molecule has 0 aromatic heterocycles. The second-order valence-corrected chi connectivity index (χ2v) is 6.92. The summed E-state index contributed by atoms with van der Waals surface area (Å²) in [7, 11) is 0. The predicted octanol–water partition coefficient (Wildman–Crippen LogP) is 2.91. The fourth-order valence-electron chi connectivity index (χ4n) is 2.72. The Morgan fingerprint density at radius 2 is 1.35 bits per heavy atom. The molecule has 1 unspecified atom stereocenters. The molecule has 1 atom stereocenters. The van der Waals surface area contributed by atoms with Crippen LogP contribution in [0.1, 0.15) is 19.3 Å². The lowest BCUT2D eigenvalue weighted by atomic mass is 10.1. The van der Waals surface area contributed by atoms with Gasteiger partial charge in [-0.25, -0.2) is 19.2 Å². The van der Waals surface area contributed by atoms with Crippen molar-refractivity contribution >= 4 is 24.2 Å². The average molecular weight is 473 g/mol. The van der Waals surface area contributed by atoms with Crippen LogP contribution >= 0.6 is 0 Å². The summed E-state index contributed by atoms with van der Waals surface area (Å²) in [5.41, 5.74) is 0. The molecule has 0 spiro atoms. The molecule has 0 saturated carbocycles. The first-order chi connectivity index (χ1) is 16.4. The summed E-state index contributed by atoms with van der Waals surface area (Å²) >= 11 is 0. The van der Waals surface area contributed by atoms with E-state index in [1.165, 1.54) is 0 Å². The maximum absolute atomic E-state index is 12.5. The quantitative estimate of drug-likeness (QED) is 0.271. The maximum atomic E-state index is 12.5. The lowest BCUT2D eigenvalue weighted by Crippen LogP contribution is -2.44. The molecule has 0 aliphatic rings. The normalized spacial score (nSPS) is 10.9. The summed E-state index contributed by atoms with van der Waals surface area (Å²) in [6, 6.07) is 15.8. The Morgan fingerprint density at radius 3 is 1.94 bits per heavy atom. The zero-order valence-corrected chi connectivity index (χ0v) is 18.4. The second-order valence-electron chi connectivity index (χ2n) is 6.92. The van der Waals surface area contributed by atoms with Gasteiger partial charge in [0.15, 0.2) is 0 Å². The summed E-state index contributed by atoms with van der Waals surface area (Å²) in [5.74, 6) is -0.0380. The number of hydrogen-bond acceptors (Lipinski definition) is 7. The van der Waals surface area contributed by atoms with Crippen LogP contribution in [-0.2, 0) is 9.53 Å². The van der Waals surface area contributed by atoms with Gasteiger partial charge in [0, 0.05) is 6.54 Å². The molecule has 0 bridgehead atoms. The van der Waals surface area contributed by atoms with E-state index in [1.807, 2.05) is 0 Å². The monoisotopic (exact) mass is 473 g/mol. The van der Waals surface area contributed by atoms with Gasteiger partial charge >= 0.3 is 24.2 Å². The van der Waals surface area contributed by atoms with E-state index in [4.69, 9.17) is 19.3 Å². The lowest BCUT2D eigenvalue weighted by molar-refractivity contribution is -0.146. The smallest absolute Gasteiger partial charge is 0.413 e. The van der Waals surface area contributed by atoms with E-state index in [2.05, 4.69) is 16.0 Å². The number of carboxylic acid groups (broad SMARTS) is 1. The first kappa shape index (κ1) is 26.0. The summed E-state index contributed by atoms with van der Waals surface area (Å²) in [5, 5.41) is 15.8. The average Bonchev–Trinajstić information content (AvgIpc) is 2.82. The topological polar surface area (TPSA) is 152 Å². The van der Waals surface area contributed by atoms with Gasteiger partial charge in [-0.15, -0.1) is 0 Å². The van der Waals surface area contributed by atoms with Crippen LogP contribution in [0.15, 0.2) is 60.7 Å². The van der Waals surface area contributed by atoms with Crippen molar-refractivity contribution in [1.29, 1.82) is 0 Å². The molecule has 11 nitrogen and oxygen atoms in total. The molecule has 182 valence electrons. The van der Waals surface area contributed by atoms with E-state index in [9.17, 15) is 19.2 Å². The molecule has 11 heteroatoms. The molecule has 4 N–H and O–H groups in total. The molecular weight excluding hydrogens is 446 g/mol. The predicted molar refractivity (Wildman–Crippen MR) is 121 cm³/mol. The van der Waals surface area contributed by atoms with E-state index >= 15 is 0 Å². The highest BCUT2D eigenvalue weighted by Crippen LogP contribution is 2.10. The van der Waals surface area contributed by atoms with Gasteiger partial charge < -0.3 is 35.3 Å². The van der Waals surface area contributed by atoms with Crippen molar-refractivity contribution < 1.29 is 38.5 Å². The van der Waals surface area contributed by atoms with Crippen molar-refractivity contribution in [2.24, 2.45) is 0 Å². The van der Waals surface area contributed by atoms with Crippen molar-refractivity contribution in [2.75, 3.05) is 19.7 Å². The highest BCUT2D eigenvalue weighted by molar-refractivity contribution is 5.82. The van der Waals surface area contributed by atoms with Crippen LogP contribution in [-0.4, -0.2) is 55.1 Å². The van der Waals surface area contributed by atoms with Crippen molar-refractivity contribution in [3.05, 3.63) is 60.7 Å². The molecule has 2 rings (SSSR count). The first-order valence-corrected chi connectivity index (χ1v) is 10.6. The number of amides is 3. The molecule has 0 aliphatic carbocycles. The van der Waals surface area contributed by atoms with Gasteiger partial charge in [0.05, 0.1) is 6.54 Å². The number of carbonyl (C=O) groups is 4. The van der Waals surface area contributed by atoms with Crippen LogP contribution in [0.25, 0.3) is 0 Å². The number of rotatable bonds is 12. The second kappa shape index (κ2) is 14.7. The highest BCUT2D eigenvalue weighted by atomic mass is 16.6. The van der Waals surface area contributed by atoms with Crippen molar-refractivity contribution in [3.8, 4) is 11.5 Å². The Hall–Kier alpha value is -4.28. The summed E-state index contributed by atoms with van der Waals surface area (Å²) in [4.78, 5) is 47.0. The molecular formula is C23H27N3O8. The van der Waals surface area contributed by atoms with E-state index in [0.29, 0.717) is 24.3 Å². The Labute approximate surface area is 196 Å². The molecule has 3 amide bonds. The highest BCUT2D eigenvalue weighted by Gasteiger charge is 2.23. The van der Waals surface area contributed by atoms with Gasteiger partial charge in [-0.2, -0.15) is 0 Å². The third-order valence-corrected chi connectivity index (χ3v) is 4.30. The molecule has 2 aromatic carbocycles.